The fourth-order valence-corrected chi connectivity index (χ4v) is 1.51. The van der Waals surface area contributed by atoms with E-state index in [0.29, 0.717) is 5.69 Å². The summed E-state index contributed by atoms with van der Waals surface area (Å²) >= 11 is 0. The Balaban J connectivity index is 1.78. The molecule has 0 bridgehead atoms. The van der Waals surface area contributed by atoms with Crippen LogP contribution in [0.1, 0.15) is 11.3 Å². The Hall–Kier alpha value is -3.02. The first kappa shape index (κ1) is 14.4. The van der Waals surface area contributed by atoms with Crippen molar-refractivity contribution in [1.82, 2.24) is 15.7 Å². The summed E-state index contributed by atoms with van der Waals surface area (Å²) in [5.74, 6) is -1.58. The molecule has 0 aliphatic heterocycles. The second-order valence-corrected chi connectivity index (χ2v) is 4.11. The van der Waals surface area contributed by atoms with Gasteiger partial charge in [0.05, 0.1) is 18.5 Å². The number of hydrogen-bond acceptors (Lipinski definition) is 4. The number of amides is 2. The van der Waals surface area contributed by atoms with Crippen molar-refractivity contribution in [1.29, 1.82) is 0 Å². The lowest BCUT2D eigenvalue weighted by molar-refractivity contribution is -0.139. The van der Waals surface area contributed by atoms with Crippen LogP contribution >= 0.6 is 0 Å². The topological polar surface area (TPSA) is 83.5 Å². The van der Waals surface area contributed by atoms with Crippen LogP contribution in [-0.2, 0) is 16.1 Å². The van der Waals surface area contributed by atoms with Crippen LogP contribution in [0.15, 0.2) is 59.8 Å². The average Bonchev–Trinajstić information content (AvgIpc) is 2.54. The van der Waals surface area contributed by atoms with Crippen LogP contribution in [0.5, 0.6) is 0 Å². The van der Waals surface area contributed by atoms with Crippen molar-refractivity contribution in [2.75, 3.05) is 0 Å². The van der Waals surface area contributed by atoms with Crippen LogP contribution < -0.4 is 10.7 Å². The second kappa shape index (κ2) is 7.54. The highest BCUT2D eigenvalue weighted by molar-refractivity contribution is 6.35. The lowest BCUT2D eigenvalue weighted by atomic mass is 10.2. The van der Waals surface area contributed by atoms with Gasteiger partial charge in [-0.25, -0.2) is 5.43 Å². The first-order valence-electron chi connectivity index (χ1n) is 6.32. The summed E-state index contributed by atoms with van der Waals surface area (Å²) in [4.78, 5) is 27.1. The monoisotopic (exact) mass is 282 g/mol. The molecule has 2 rings (SSSR count). The fourth-order valence-electron chi connectivity index (χ4n) is 1.51. The number of rotatable bonds is 4. The van der Waals surface area contributed by atoms with Crippen LogP contribution in [-0.4, -0.2) is 23.0 Å². The molecule has 21 heavy (non-hydrogen) atoms. The third kappa shape index (κ3) is 4.87. The number of carbonyl (C=O) groups excluding carboxylic acids is 2. The maximum atomic E-state index is 11.5. The number of nitrogens with one attached hydrogen (secondary N) is 2. The fraction of sp³-hybridized carbons (Fsp3) is 0.0667. The minimum atomic E-state index is -0.821. The van der Waals surface area contributed by atoms with Gasteiger partial charge < -0.3 is 5.32 Å². The van der Waals surface area contributed by atoms with E-state index in [2.05, 4.69) is 20.8 Å². The molecule has 1 aromatic heterocycles. The van der Waals surface area contributed by atoms with Crippen molar-refractivity contribution in [3.05, 3.63) is 66.0 Å². The molecule has 0 saturated heterocycles. The van der Waals surface area contributed by atoms with E-state index >= 15 is 0 Å². The van der Waals surface area contributed by atoms with E-state index in [1.165, 1.54) is 6.21 Å². The molecule has 0 aliphatic carbocycles. The van der Waals surface area contributed by atoms with Gasteiger partial charge in [-0.3, -0.25) is 14.6 Å². The quantitative estimate of drug-likeness (QED) is 0.495. The van der Waals surface area contributed by atoms with E-state index in [1.807, 2.05) is 30.3 Å². The standard InChI is InChI=1S/C15H14N4O2/c20-14(17-11-13-8-4-5-9-16-13)15(21)19-18-10-12-6-2-1-3-7-12/h1-10H,11H2,(H,17,20)(H,19,21)/b18-10-. The molecule has 6 nitrogen and oxygen atoms in total. The molecule has 2 amide bonds. The van der Waals surface area contributed by atoms with E-state index in [1.54, 1.807) is 24.4 Å². The third-order valence-electron chi connectivity index (χ3n) is 2.54. The largest absolute Gasteiger partial charge is 0.342 e. The summed E-state index contributed by atoms with van der Waals surface area (Å²) in [6.07, 6.45) is 3.08. The zero-order valence-corrected chi connectivity index (χ0v) is 11.2. The van der Waals surface area contributed by atoms with Gasteiger partial charge in [0, 0.05) is 6.20 Å². The van der Waals surface area contributed by atoms with Crippen LogP contribution in [0.3, 0.4) is 0 Å². The van der Waals surface area contributed by atoms with Crippen molar-refractivity contribution in [2.45, 2.75) is 6.54 Å². The van der Waals surface area contributed by atoms with Gasteiger partial charge in [0.1, 0.15) is 0 Å². The molecular formula is C15H14N4O2. The van der Waals surface area contributed by atoms with Gasteiger partial charge >= 0.3 is 11.8 Å². The highest BCUT2D eigenvalue weighted by Gasteiger charge is 2.11. The summed E-state index contributed by atoms with van der Waals surface area (Å²) in [7, 11) is 0. The molecule has 0 saturated carbocycles. The summed E-state index contributed by atoms with van der Waals surface area (Å²) in [6.45, 7) is 0.190. The van der Waals surface area contributed by atoms with Crippen molar-refractivity contribution in [2.24, 2.45) is 5.10 Å². The minimum Gasteiger partial charge on any atom is -0.342 e. The second-order valence-electron chi connectivity index (χ2n) is 4.11. The Morgan fingerprint density at radius 2 is 1.81 bits per heavy atom. The summed E-state index contributed by atoms with van der Waals surface area (Å²) in [5.41, 5.74) is 3.66. The number of nitrogens with zero attached hydrogens (tertiary/aromatic N) is 2. The SMILES string of the molecule is O=C(NCc1ccccn1)C(=O)N/N=C\c1ccccc1. The zero-order valence-electron chi connectivity index (χ0n) is 11.2. The van der Waals surface area contributed by atoms with E-state index in [0.717, 1.165) is 5.56 Å². The van der Waals surface area contributed by atoms with E-state index < -0.39 is 11.8 Å². The van der Waals surface area contributed by atoms with Gasteiger partial charge in [-0.05, 0) is 17.7 Å². The first-order valence-corrected chi connectivity index (χ1v) is 6.32. The minimum absolute atomic E-state index is 0.190. The Morgan fingerprint density at radius 1 is 1.05 bits per heavy atom. The molecular weight excluding hydrogens is 268 g/mol. The van der Waals surface area contributed by atoms with Gasteiger partial charge in [0.15, 0.2) is 0 Å². The normalized spacial score (nSPS) is 10.3. The van der Waals surface area contributed by atoms with Crippen molar-refractivity contribution in [3.8, 4) is 0 Å². The Labute approximate surface area is 121 Å². The highest BCUT2D eigenvalue weighted by atomic mass is 16.2. The van der Waals surface area contributed by atoms with Crippen molar-refractivity contribution >= 4 is 18.0 Å². The van der Waals surface area contributed by atoms with Crippen LogP contribution in [0.2, 0.25) is 0 Å². The van der Waals surface area contributed by atoms with E-state index in [4.69, 9.17) is 0 Å². The predicted molar refractivity (Wildman–Crippen MR) is 78.3 cm³/mol. The molecule has 2 N–H and O–H groups in total. The van der Waals surface area contributed by atoms with Crippen molar-refractivity contribution < 1.29 is 9.59 Å². The van der Waals surface area contributed by atoms with Gasteiger partial charge in [-0.15, -0.1) is 0 Å². The molecule has 106 valence electrons. The highest BCUT2D eigenvalue weighted by Crippen LogP contribution is 1.93. The Kier molecular flexibility index (Phi) is 5.17. The predicted octanol–water partition coefficient (Wildman–Crippen LogP) is 0.848. The van der Waals surface area contributed by atoms with Crippen LogP contribution in [0.25, 0.3) is 0 Å². The summed E-state index contributed by atoms with van der Waals surface area (Å²) in [5, 5.41) is 6.18. The van der Waals surface area contributed by atoms with Crippen LogP contribution in [0, 0.1) is 0 Å². The third-order valence-corrected chi connectivity index (χ3v) is 2.54. The number of hydrazone groups is 1. The van der Waals surface area contributed by atoms with Gasteiger partial charge in [0.2, 0.25) is 0 Å². The summed E-state index contributed by atoms with van der Waals surface area (Å²) < 4.78 is 0. The Bertz CT molecular complexity index is 627. The molecule has 1 aromatic carbocycles. The van der Waals surface area contributed by atoms with E-state index in [-0.39, 0.29) is 6.54 Å². The molecule has 1 heterocycles. The maximum absolute atomic E-state index is 11.5. The number of pyridine rings is 1. The number of benzene rings is 1. The van der Waals surface area contributed by atoms with Crippen LogP contribution in [0.4, 0.5) is 0 Å². The van der Waals surface area contributed by atoms with Crippen molar-refractivity contribution in [3.63, 3.8) is 0 Å². The molecule has 0 unspecified atom stereocenters. The smallest absolute Gasteiger partial charge is 0.329 e. The first-order chi connectivity index (χ1) is 10.3. The molecule has 0 atom stereocenters. The number of aromatic nitrogens is 1. The number of hydrogen-bond donors (Lipinski definition) is 2. The van der Waals surface area contributed by atoms with E-state index in [9.17, 15) is 9.59 Å². The zero-order chi connectivity index (χ0) is 14.9. The Morgan fingerprint density at radius 3 is 2.52 bits per heavy atom. The number of carbonyl (C=O) groups is 2. The lowest BCUT2D eigenvalue weighted by Gasteiger charge is -2.03. The molecule has 0 spiro atoms. The lowest BCUT2D eigenvalue weighted by Crippen LogP contribution is -2.37. The molecule has 0 aliphatic rings. The average molecular weight is 282 g/mol. The molecule has 6 heteroatoms. The van der Waals surface area contributed by atoms with Gasteiger partial charge in [-0.2, -0.15) is 5.10 Å². The molecule has 0 radical (unpaired) electrons. The molecule has 2 aromatic rings. The summed E-state index contributed by atoms with van der Waals surface area (Å²) in [6, 6.07) is 14.6. The van der Waals surface area contributed by atoms with Gasteiger partial charge in [-0.1, -0.05) is 36.4 Å². The molecule has 0 fully saturated rings. The van der Waals surface area contributed by atoms with Gasteiger partial charge in [0.25, 0.3) is 0 Å². The maximum Gasteiger partial charge on any atom is 0.329 e.